The smallest absolute Gasteiger partial charge is 0.320 e. The van der Waals surface area contributed by atoms with Crippen molar-refractivity contribution in [1.82, 2.24) is 9.80 Å². The van der Waals surface area contributed by atoms with Crippen molar-refractivity contribution in [2.24, 2.45) is 0 Å². The van der Waals surface area contributed by atoms with Crippen LogP contribution >= 0.6 is 0 Å². The molecule has 1 unspecified atom stereocenters. The largest absolute Gasteiger partial charge is 0.481 e. The summed E-state index contributed by atoms with van der Waals surface area (Å²) in [5.41, 5.74) is 0. The highest BCUT2D eigenvalue weighted by Crippen LogP contribution is 2.12. The van der Waals surface area contributed by atoms with Crippen LogP contribution in [0.5, 0.6) is 0 Å². The van der Waals surface area contributed by atoms with E-state index in [1.165, 1.54) is 0 Å². The molecule has 0 aromatic rings. The van der Waals surface area contributed by atoms with Crippen molar-refractivity contribution in [3.63, 3.8) is 0 Å². The summed E-state index contributed by atoms with van der Waals surface area (Å²) in [7, 11) is 0. The van der Waals surface area contributed by atoms with E-state index in [9.17, 15) is 9.59 Å². The Kier molecular flexibility index (Phi) is 4.98. The molecule has 7 heteroatoms. The number of carboxylic acid groups (broad SMARTS) is 1. The second kappa shape index (κ2) is 6.72. The maximum atomic E-state index is 12.3. The number of ether oxygens (including phenoxy) is 2. The molecule has 2 heterocycles. The lowest BCUT2D eigenvalue weighted by Gasteiger charge is -2.35. The van der Waals surface area contributed by atoms with Crippen molar-refractivity contribution in [1.29, 1.82) is 0 Å². The van der Waals surface area contributed by atoms with E-state index in [4.69, 9.17) is 14.6 Å². The number of hydrogen-bond acceptors (Lipinski definition) is 4. The van der Waals surface area contributed by atoms with Crippen LogP contribution in [-0.4, -0.2) is 79.0 Å². The van der Waals surface area contributed by atoms with Crippen LogP contribution < -0.4 is 0 Å². The van der Waals surface area contributed by atoms with Gasteiger partial charge in [-0.2, -0.15) is 0 Å². The number of aliphatic carboxylic acids is 1. The van der Waals surface area contributed by atoms with Gasteiger partial charge in [-0.1, -0.05) is 0 Å². The third kappa shape index (κ3) is 4.07. The molecular weight excluding hydrogens is 252 g/mol. The van der Waals surface area contributed by atoms with E-state index in [0.717, 1.165) is 6.42 Å². The third-order valence-electron chi connectivity index (χ3n) is 3.30. The first-order valence-electron chi connectivity index (χ1n) is 6.62. The van der Waals surface area contributed by atoms with Crippen LogP contribution in [0, 0.1) is 0 Å². The molecule has 2 amide bonds. The molecule has 7 nitrogen and oxygen atoms in total. The molecule has 19 heavy (non-hydrogen) atoms. The summed E-state index contributed by atoms with van der Waals surface area (Å²) < 4.78 is 10.7. The lowest BCUT2D eigenvalue weighted by molar-refractivity contribution is -0.141. The molecular formula is C12H20N2O5. The molecule has 2 aliphatic rings. The molecule has 1 N–H and O–H groups in total. The first-order chi connectivity index (χ1) is 9.16. The number of urea groups is 1. The fraction of sp³-hybridized carbons (Fsp3) is 0.833. The van der Waals surface area contributed by atoms with E-state index in [0.29, 0.717) is 46.0 Å². The van der Waals surface area contributed by atoms with E-state index in [1.54, 1.807) is 9.80 Å². The molecule has 2 saturated heterocycles. The van der Waals surface area contributed by atoms with Crippen LogP contribution in [0.25, 0.3) is 0 Å². The molecule has 0 aliphatic carbocycles. The molecule has 108 valence electrons. The Morgan fingerprint density at radius 1 is 1.11 bits per heavy atom. The van der Waals surface area contributed by atoms with Crippen molar-refractivity contribution in [3.05, 3.63) is 0 Å². The van der Waals surface area contributed by atoms with Crippen molar-refractivity contribution in [2.75, 3.05) is 46.0 Å². The Balaban J connectivity index is 1.88. The SMILES string of the molecule is O=C(O)CC1CN(C(=O)N2CCCOCC2)CCO1. The maximum absolute atomic E-state index is 12.3. The number of morpholine rings is 1. The van der Waals surface area contributed by atoms with Gasteiger partial charge < -0.3 is 24.4 Å². The second-order valence-electron chi connectivity index (χ2n) is 4.77. The van der Waals surface area contributed by atoms with E-state index in [1.807, 2.05) is 0 Å². The van der Waals surface area contributed by atoms with Gasteiger partial charge in [-0.25, -0.2) is 4.79 Å². The zero-order chi connectivity index (χ0) is 13.7. The van der Waals surface area contributed by atoms with Gasteiger partial charge in [0.2, 0.25) is 0 Å². The van der Waals surface area contributed by atoms with Gasteiger partial charge in [0.15, 0.2) is 0 Å². The molecule has 2 rings (SSSR count). The molecule has 1 atom stereocenters. The van der Waals surface area contributed by atoms with Crippen molar-refractivity contribution < 1.29 is 24.2 Å². The minimum absolute atomic E-state index is 0.0378. The van der Waals surface area contributed by atoms with Gasteiger partial charge in [-0.15, -0.1) is 0 Å². The van der Waals surface area contributed by atoms with Crippen molar-refractivity contribution >= 4 is 12.0 Å². The van der Waals surface area contributed by atoms with E-state index in [-0.39, 0.29) is 12.5 Å². The molecule has 2 aliphatic heterocycles. The van der Waals surface area contributed by atoms with Crippen LogP contribution in [0.1, 0.15) is 12.8 Å². The lowest BCUT2D eigenvalue weighted by atomic mass is 10.2. The zero-order valence-electron chi connectivity index (χ0n) is 10.9. The second-order valence-corrected chi connectivity index (χ2v) is 4.77. The molecule has 2 fully saturated rings. The van der Waals surface area contributed by atoms with Crippen LogP contribution in [0.2, 0.25) is 0 Å². The number of nitrogens with zero attached hydrogens (tertiary/aromatic N) is 2. The lowest BCUT2D eigenvalue weighted by Crippen LogP contribution is -2.51. The van der Waals surface area contributed by atoms with E-state index in [2.05, 4.69) is 0 Å². The van der Waals surface area contributed by atoms with Crippen molar-refractivity contribution in [3.8, 4) is 0 Å². The summed E-state index contributed by atoms with van der Waals surface area (Å²) in [6.07, 6.45) is 0.375. The first kappa shape index (κ1) is 14.1. The summed E-state index contributed by atoms with van der Waals surface area (Å²) in [5, 5.41) is 8.77. The van der Waals surface area contributed by atoms with E-state index >= 15 is 0 Å². The Labute approximate surface area is 112 Å². The normalized spacial score (nSPS) is 24.9. The molecule has 0 radical (unpaired) electrons. The summed E-state index contributed by atoms with van der Waals surface area (Å²) in [6, 6.07) is -0.0378. The third-order valence-corrected chi connectivity index (χ3v) is 3.30. The maximum Gasteiger partial charge on any atom is 0.320 e. The topological polar surface area (TPSA) is 79.3 Å². The molecule has 0 spiro atoms. The highest BCUT2D eigenvalue weighted by molar-refractivity contribution is 5.75. The summed E-state index contributed by atoms with van der Waals surface area (Å²) in [6.45, 7) is 3.81. The Bertz CT molecular complexity index is 328. The predicted octanol–water partition coefficient (Wildman–Crippen LogP) is 0.00420. The predicted molar refractivity (Wildman–Crippen MR) is 66.0 cm³/mol. The van der Waals surface area contributed by atoms with Gasteiger partial charge in [0, 0.05) is 32.8 Å². The first-order valence-corrected chi connectivity index (χ1v) is 6.62. The highest BCUT2D eigenvalue weighted by Gasteiger charge is 2.29. The Morgan fingerprint density at radius 3 is 2.68 bits per heavy atom. The van der Waals surface area contributed by atoms with Gasteiger partial charge in [0.05, 0.1) is 25.7 Å². The number of amides is 2. The van der Waals surface area contributed by atoms with Crippen LogP contribution in [0.4, 0.5) is 4.79 Å². The quantitative estimate of drug-likeness (QED) is 0.765. The van der Waals surface area contributed by atoms with E-state index < -0.39 is 12.1 Å². The average Bonchev–Trinajstić information content (AvgIpc) is 2.66. The van der Waals surface area contributed by atoms with Gasteiger partial charge in [-0.05, 0) is 6.42 Å². The van der Waals surface area contributed by atoms with Gasteiger partial charge in [0.25, 0.3) is 0 Å². The van der Waals surface area contributed by atoms with Crippen LogP contribution in [0.3, 0.4) is 0 Å². The fourth-order valence-electron chi connectivity index (χ4n) is 2.35. The number of hydrogen-bond donors (Lipinski definition) is 1. The van der Waals surface area contributed by atoms with Crippen LogP contribution in [-0.2, 0) is 14.3 Å². The van der Waals surface area contributed by atoms with Crippen LogP contribution in [0.15, 0.2) is 0 Å². The van der Waals surface area contributed by atoms with Crippen molar-refractivity contribution in [2.45, 2.75) is 18.9 Å². The van der Waals surface area contributed by atoms with Gasteiger partial charge >= 0.3 is 12.0 Å². The summed E-state index contributed by atoms with van der Waals surface area (Å²) in [4.78, 5) is 26.5. The van der Waals surface area contributed by atoms with Gasteiger partial charge in [-0.3, -0.25) is 4.79 Å². The minimum atomic E-state index is -0.900. The molecule has 0 bridgehead atoms. The highest BCUT2D eigenvalue weighted by atomic mass is 16.5. The number of rotatable bonds is 2. The fourth-order valence-corrected chi connectivity index (χ4v) is 2.35. The molecule has 0 aromatic carbocycles. The summed E-state index contributed by atoms with van der Waals surface area (Å²) >= 11 is 0. The zero-order valence-corrected chi connectivity index (χ0v) is 10.9. The minimum Gasteiger partial charge on any atom is -0.481 e. The average molecular weight is 272 g/mol. The number of carbonyl (C=O) groups excluding carboxylic acids is 1. The standard InChI is InChI=1S/C12H20N2O5/c15-11(16)8-10-9-14(4-7-19-10)12(17)13-2-1-5-18-6-3-13/h10H,1-9H2,(H,15,16). The van der Waals surface area contributed by atoms with Gasteiger partial charge in [0.1, 0.15) is 0 Å². The Morgan fingerprint density at radius 2 is 1.89 bits per heavy atom. The number of carboxylic acids is 1. The molecule has 0 aromatic heterocycles. The number of carbonyl (C=O) groups is 2. The summed E-state index contributed by atoms with van der Waals surface area (Å²) in [5.74, 6) is -0.900. The molecule has 0 saturated carbocycles. The Hall–Kier alpha value is -1.34. The monoisotopic (exact) mass is 272 g/mol.